The summed E-state index contributed by atoms with van der Waals surface area (Å²) in [5.74, 6) is -1.24. The first-order chi connectivity index (χ1) is 19.3. The number of hydrogen-bond donors (Lipinski definition) is 2. The Morgan fingerprint density at radius 2 is 1.43 bits per heavy atom. The highest BCUT2D eigenvalue weighted by atomic mass is 16.5. The molecule has 1 heterocycles. The highest BCUT2D eigenvalue weighted by Crippen LogP contribution is 2.31. The molecule has 0 spiro atoms. The minimum absolute atomic E-state index is 0.0367. The largest absolute Gasteiger partial charge is 0.494 e. The van der Waals surface area contributed by atoms with Crippen molar-refractivity contribution in [3.05, 3.63) is 95.2 Å². The van der Waals surface area contributed by atoms with Crippen molar-refractivity contribution in [3.63, 3.8) is 0 Å². The van der Waals surface area contributed by atoms with E-state index in [0.717, 1.165) is 35.5 Å². The van der Waals surface area contributed by atoms with E-state index in [9.17, 15) is 19.5 Å². The summed E-state index contributed by atoms with van der Waals surface area (Å²) in [7, 11) is 1.59. The average Bonchev–Trinajstić information content (AvgIpc) is 3.26. The van der Waals surface area contributed by atoms with Crippen molar-refractivity contribution in [3.8, 4) is 11.5 Å². The second-order valence-electron chi connectivity index (χ2n) is 9.27. The molecule has 0 aliphatic carbocycles. The molecule has 8 heteroatoms. The van der Waals surface area contributed by atoms with Crippen LogP contribution in [0.25, 0.3) is 23.1 Å². The third-order valence-corrected chi connectivity index (χ3v) is 6.45. The quantitative estimate of drug-likeness (QED) is 0.109. The van der Waals surface area contributed by atoms with Gasteiger partial charge in [-0.25, -0.2) is 4.79 Å². The molecule has 0 radical (unpaired) electrons. The highest BCUT2D eigenvalue weighted by molar-refractivity contribution is 6.16. The number of carboxylic acid groups (broad SMARTS) is 2. The van der Waals surface area contributed by atoms with Gasteiger partial charge in [0.2, 0.25) is 0 Å². The van der Waals surface area contributed by atoms with Gasteiger partial charge in [0, 0.05) is 18.9 Å². The van der Waals surface area contributed by atoms with Crippen LogP contribution in [0.15, 0.2) is 72.8 Å². The minimum atomic E-state index is -1.24. The number of unbranched alkanes of at least 4 members (excludes halogenated alkanes) is 1. The lowest BCUT2D eigenvalue weighted by Gasteiger charge is -2.08. The summed E-state index contributed by atoms with van der Waals surface area (Å²) in [5, 5.41) is 19.3. The van der Waals surface area contributed by atoms with Gasteiger partial charge in [0.25, 0.3) is 0 Å². The number of rotatable bonds is 14. The monoisotopic (exact) mass is 541 g/mol. The molecule has 1 aromatic heterocycles. The molecule has 0 atom stereocenters. The molecule has 0 aliphatic heterocycles. The van der Waals surface area contributed by atoms with E-state index in [2.05, 4.69) is 0 Å². The molecule has 0 aliphatic rings. The Labute approximate surface area is 232 Å². The first kappa shape index (κ1) is 28.2. The third-order valence-electron chi connectivity index (χ3n) is 6.45. The molecular weight excluding hydrogens is 510 g/mol. The number of benzene rings is 3. The fraction of sp³-hybridized carbons (Fsp3) is 0.219. The van der Waals surface area contributed by atoms with Crippen LogP contribution in [0.5, 0.6) is 11.5 Å². The molecule has 40 heavy (non-hydrogen) atoms. The Hall–Kier alpha value is -4.85. The van der Waals surface area contributed by atoms with Gasteiger partial charge < -0.3 is 24.3 Å². The molecule has 8 nitrogen and oxygen atoms in total. The summed E-state index contributed by atoms with van der Waals surface area (Å²) < 4.78 is 13.0. The fourth-order valence-corrected chi connectivity index (χ4v) is 4.52. The Balaban J connectivity index is 1.41. The lowest BCUT2D eigenvalue weighted by atomic mass is 10.0. The van der Waals surface area contributed by atoms with Crippen LogP contribution < -0.4 is 9.47 Å². The topological polar surface area (TPSA) is 115 Å². The number of ketones is 1. The van der Waals surface area contributed by atoms with Gasteiger partial charge in [-0.05, 0) is 48.2 Å². The number of Topliss-reactive ketones (excluding diaryl/α,β-unsaturated/α-hetero) is 1. The van der Waals surface area contributed by atoms with Crippen LogP contribution in [0.2, 0.25) is 0 Å². The normalized spacial score (nSPS) is 11.1. The Bertz CT molecular complexity index is 1520. The zero-order valence-electron chi connectivity index (χ0n) is 22.2. The fourth-order valence-electron chi connectivity index (χ4n) is 4.52. The first-order valence-electron chi connectivity index (χ1n) is 13.0. The molecule has 0 saturated heterocycles. The predicted octanol–water partition coefficient (Wildman–Crippen LogP) is 6.33. The molecule has 3 aromatic carbocycles. The second-order valence-corrected chi connectivity index (χ2v) is 9.27. The van der Waals surface area contributed by atoms with Crippen molar-refractivity contribution >= 4 is 40.8 Å². The lowest BCUT2D eigenvalue weighted by molar-refractivity contribution is -0.136. The van der Waals surface area contributed by atoms with E-state index in [-0.39, 0.29) is 24.1 Å². The number of aromatic carboxylic acids is 1. The van der Waals surface area contributed by atoms with Gasteiger partial charge in [-0.1, -0.05) is 60.7 Å². The first-order valence-corrected chi connectivity index (χ1v) is 13.0. The van der Waals surface area contributed by atoms with Crippen molar-refractivity contribution in [2.24, 2.45) is 7.05 Å². The number of aryl methyl sites for hydroxylation is 1. The van der Waals surface area contributed by atoms with Crippen LogP contribution in [-0.2, 0) is 11.8 Å². The Morgan fingerprint density at radius 1 is 0.775 bits per heavy atom. The van der Waals surface area contributed by atoms with Crippen molar-refractivity contribution in [2.75, 3.05) is 13.2 Å². The van der Waals surface area contributed by atoms with Crippen molar-refractivity contribution in [2.45, 2.75) is 25.7 Å². The number of aliphatic carboxylic acids is 1. The molecule has 0 bridgehead atoms. The predicted molar refractivity (Wildman–Crippen MR) is 153 cm³/mol. The number of carbonyl (C=O) groups excluding carboxylic acids is 1. The molecule has 0 saturated carbocycles. The van der Waals surface area contributed by atoms with Crippen molar-refractivity contribution in [1.29, 1.82) is 0 Å². The SMILES string of the molecule is Cn1c(C(=O)O)c(C(=O)CCC(=O)O)c2cccc(/C=C/c3ccc(OCCCCOc4ccccc4)cc3)c21. The van der Waals surface area contributed by atoms with E-state index >= 15 is 0 Å². The van der Waals surface area contributed by atoms with Crippen LogP contribution in [0.1, 0.15) is 57.7 Å². The summed E-state index contributed by atoms with van der Waals surface area (Å²) >= 11 is 0. The van der Waals surface area contributed by atoms with E-state index < -0.39 is 17.7 Å². The summed E-state index contributed by atoms with van der Waals surface area (Å²) in [6.07, 6.45) is 4.88. The summed E-state index contributed by atoms with van der Waals surface area (Å²) in [4.78, 5) is 35.8. The summed E-state index contributed by atoms with van der Waals surface area (Å²) in [6, 6.07) is 22.6. The van der Waals surface area contributed by atoms with E-state index in [1.165, 1.54) is 4.57 Å². The molecule has 2 N–H and O–H groups in total. The van der Waals surface area contributed by atoms with Gasteiger partial charge in [-0.15, -0.1) is 0 Å². The molecule has 0 fully saturated rings. The van der Waals surface area contributed by atoms with E-state index in [1.807, 2.05) is 72.8 Å². The second kappa shape index (κ2) is 13.3. The maximum Gasteiger partial charge on any atom is 0.353 e. The van der Waals surface area contributed by atoms with Gasteiger partial charge in [0.15, 0.2) is 5.78 Å². The molecule has 206 valence electrons. The van der Waals surface area contributed by atoms with Crippen molar-refractivity contribution < 1.29 is 34.1 Å². The van der Waals surface area contributed by atoms with E-state index in [0.29, 0.717) is 24.1 Å². The van der Waals surface area contributed by atoms with Crippen LogP contribution >= 0.6 is 0 Å². The molecule has 0 amide bonds. The number of aromatic nitrogens is 1. The van der Waals surface area contributed by atoms with Crippen LogP contribution in [-0.4, -0.2) is 45.7 Å². The zero-order valence-corrected chi connectivity index (χ0v) is 22.2. The van der Waals surface area contributed by atoms with E-state index in [1.54, 1.807) is 19.2 Å². The highest BCUT2D eigenvalue weighted by Gasteiger charge is 2.26. The molecule has 4 aromatic rings. The molecular formula is C32H31NO7. The Morgan fingerprint density at radius 3 is 2.05 bits per heavy atom. The standard InChI is InChI=1S/C32H31NO7/c1-33-30-23(8-7-11-26(30)29(31(33)32(37)38)27(34)18-19-28(35)36)15-12-22-13-16-25(17-14-22)40-21-6-5-20-39-24-9-3-2-4-10-24/h2-4,7-17H,5-6,18-21H2,1H3,(H,35,36)(H,37,38)/b15-12+. The number of ether oxygens (including phenoxy) is 2. The third kappa shape index (κ3) is 6.96. The van der Waals surface area contributed by atoms with Gasteiger partial charge in [-0.2, -0.15) is 0 Å². The zero-order chi connectivity index (χ0) is 28.5. The van der Waals surface area contributed by atoms with Crippen LogP contribution in [0.4, 0.5) is 0 Å². The number of para-hydroxylation sites is 2. The number of fused-ring (bicyclic) bond motifs is 1. The molecule has 0 unspecified atom stereocenters. The maximum absolute atomic E-state index is 12.8. The van der Waals surface area contributed by atoms with Crippen molar-refractivity contribution in [1.82, 2.24) is 4.57 Å². The van der Waals surface area contributed by atoms with Gasteiger partial charge >= 0.3 is 11.9 Å². The van der Waals surface area contributed by atoms with Crippen LogP contribution in [0, 0.1) is 0 Å². The summed E-state index contributed by atoms with van der Waals surface area (Å²) in [6.45, 7) is 1.22. The Kier molecular flexibility index (Phi) is 9.35. The number of carbonyl (C=O) groups is 3. The number of hydrogen-bond acceptors (Lipinski definition) is 5. The smallest absolute Gasteiger partial charge is 0.353 e. The van der Waals surface area contributed by atoms with Gasteiger partial charge in [0.1, 0.15) is 17.2 Å². The van der Waals surface area contributed by atoms with E-state index in [4.69, 9.17) is 14.6 Å². The van der Waals surface area contributed by atoms with Gasteiger partial charge in [0.05, 0.1) is 30.7 Å². The van der Waals surface area contributed by atoms with Crippen LogP contribution in [0.3, 0.4) is 0 Å². The van der Waals surface area contributed by atoms with Gasteiger partial charge in [-0.3, -0.25) is 9.59 Å². The molecule has 4 rings (SSSR count). The lowest BCUT2D eigenvalue weighted by Crippen LogP contribution is -2.12. The maximum atomic E-state index is 12.8. The average molecular weight is 542 g/mol. The summed E-state index contributed by atoms with van der Waals surface area (Å²) in [5.41, 5.74) is 2.13. The minimum Gasteiger partial charge on any atom is -0.494 e. The number of nitrogens with zero attached hydrogens (tertiary/aromatic N) is 1. The number of carboxylic acids is 2.